The fraction of sp³-hybridized carbons (Fsp3) is 0.765. The van der Waals surface area contributed by atoms with E-state index in [1.54, 1.807) is 0 Å². The molecule has 2 N–H and O–H groups in total. The van der Waals surface area contributed by atoms with Gasteiger partial charge >= 0.3 is 0 Å². The second-order valence-corrected chi connectivity index (χ2v) is 8.12. The maximum atomic E-state index is 4.46. The number of rotatable bonds is 7. The predicted molar refractivity (Wildman–Crippen MR) is 115 cm³/mol. The van der Waals surface area contributed by atoms with Crippen LogP contribution < -0.4 is 10.6 Å². The number of aromatic nitrogens is 2. The second-order valence-electron chi connectivity index (χ2n) is 6.55. The van der Waals surface area contributed by atoms with E-state index in [-0.39, 0.29) is 24.0 Å². The Morgan fingerprint density at radius 2 is 2.25 bits per heavy atom. The molecular formula is C17H32IN5S. The summed E-state index contributed by atoms with van der Waals surface area (Å²) in [5, 5.41) is 7.78. The molecule has 1 heterocycles. The minimum absolute atomic E-state index is 0. The maximum absolute atomic E-state index is 4.46. The smallest absolute Gasteiger partial charge is 0.191 e. The lowest BCUT2D eigenvalue weighted by Crippen LogP contribution is -2.42. The van der Waals surface area contributed by atoms with Gasteiger partial charge < -0.3 is 15.2 Å². The quantitative estimate of drug-likeness (QED) is 0.368. The Morgan fingerprint density at radius 1 is 1.46 bits per heavy atom. The first-order valence-electron chi connectivity index (χ1n) is 8.71. The molecule has 2 unspecified atom stereocenters. The molecule has 1 saturated carbocycles. The van der Waals surface area contributed by atoms with Crippen LogP contribution in [0.4, 0.5) is 0 Å². The van der Waals surface area contributed by atoms with Gasteiger partial charge in [0.15, 0.2) is 5.96 Å². The van der Waals surface area contributed by atoms with Gasteiger partial charge in [-0.1, -0.05) is 20.8 Å². The molecule has 2 atom stereocenters. The molecule has 7 heteroatoms. The summed E-state index contributed by atoms with van der Waals surface area (Å²) < 4.78 is 2.22. The standard InChI is InChI=1S/C17H31N5S.HI/c1-5-23-15-7-6-14(10-15)21-17(18-4)20-11-16-19-8-9-22(16)12-13(2)3;/h8-9,13-15H,5-7,10-12H2,1-4H3,(H2,18,20,21);1H. The number of halogens is 1. The van der Waals surface area contributed by atoms with Gasteiger partial charge in [0.2, 0.25) is 0 Å². The first kappa shape index (κ1) is 21.6. The number of hydrogen-bond acceptors (Lipinski definition) is 3. The van der Waals surface area contributed by atoms with Gasteiger partial charge in [0.05, 0.1) is 6.54 Å². The fourth-order valence-corrected chi connectivity index (χ4v) is 4.22. The molecule has 1 fully saturated rings. The number of guanidine groups is 1. The van der Waals surface area contributed by atoms with Crippen molar-refractivity contribution in [1.29, 1.82) is 0 Å². The molecule has 0 spiro atoms. The van der Waals surface area contributed by atoms with Gasteiger partial charge in [-0.15, -0.1) is 24.0 Å². The molecule has 138 valence electrons. The lowest BCUT2D eigenvalue weighted by molar-refractivity contribution is 0.503. The zero-order chi connectivity index (χ0) is 16.7. The molecule has 1 aromatic heterocycles. The molecule has 24 heavy (non-hydrogen) atoms. The summed E-state index contributed by atoms with van der Waals surface area (Å²) in [6, 6.07) is 0.542. The van der Waals surface area contributed by atoms with Crippen LogP contribution in [-0.2, 0) is 13.1 Å². The van der Waals surface area contributed by atoms with Crippen LogP contribution in [0.3, 0.4) is 0 Å². The van der Waals surface area contributed by atoms with Crippen LogP contribution in [0.15, 0.2) is 17.4 Å². The van der Waals surface area contributed by atoms with E-state index in [0.29, 0.717) is 18.5 Å². The highest BCUT2D eigenvalue weighted by molar-refractivity contribution is 14.0. The average Bonchev–Trinajstić information content (AvgIpc) is 3.13. The van der Waals surface area contributed by atoms with Crippen LogP contribution in [0.25, 0.3) is 0 Å². The van der Waals surface area contributed by atoms with Crippen molar-refractivity contribution in [2.75, 3.05) is 12.8 Å². The number of hydrogen-bond donors (Lipinski definition) is 2. The van der Waals surface area contributed by atoms with Crippen molar-refractivity contribution in [1.82, 2.24) is 20.2 Å². The van der Waals surface area contributed by atoms with Crippen LogP contribution in [0.1, 0.15) is 45.9 Å². The Balaban J connectivity index is 0.00000288. The molecule has 1 aliphatic rings. The van der Waals surface area contributed by atoms with Crippen molar-refractivity contribution in [2.45, 2.75) is 64.4 Å². The normalized spacial score (nSPS) is 21.0. The van der Waals surface area contributed by atoms with E-state index in [9.17, 15) is 0 Å². The van der Waals surface area contributed by atoms with Crippen LogP contribution in [-0.4, -0.2) is 39.6 Å². The number of imidazole rings is 1. The molecule has 1 aromatic rings. The molecule has 0 amide bonds. The zero-order valence-corrected chi connectivity index (χ0v) is 18.4. The maximum Gasteiger partial charge on any atom is 0.191 e. The average molecular weight is 465 g/mol. The van der Waals surface area contributed by atoms with Crippen molar-refractivity contribution < 1.29 is 0 Å². The Labute approximate surface area is 167 Å². The van der Waals surface area contributed by atoms with Crippen molar-refractivity contribution in [2.24, 2.45) is 10.9 Å². The first-order chi connectivity index (χ1) is 11.1. The molecule has 0 aromatic carbocycles. The highest BCUT2D eigenvalue weighted by Crippen LogP contribution is 2.29. The van der Waals surface area contributed by atoms with E-state index in [1.165, 1.54) is 25.0 Å². The largest absolute Gasteiger partial charge is 0.354 e. The highest BCUT2D eigenvalue weighted by Gasteiger charge is 2.25. The predicted octanol–water partition coefficient (Wildman–Crippen LogP) is 3.50. The first-order valence-corrected chi connectivity index (χ1v) is 9.76. The van der Waals surface area contributed by atoms with Crippen molar-refractivity contribution in [3.63, 3.8) is 0 Å². The van der Waals surface area contributed by atoms with Gasteiger partial charge in [-0.2, -0.15) is 11.8 Å². The third kappa shape index (κ3) is 6.82. The fourth-order valence-electron chi connectivity index (χ4n) is 3.08. The van der Waals surface area contributed by atoms with Gasteiger partial charge in [0, 0.05) is 37.3 Å². The molecule has 5 nitrogen and oxygen atoms in total. The van der Waals surface area contributed by atoms with Crippen LogP contribution in [0, 0.1) is 5.92 Å². The molecule has 0 radical (unpaired) electrons. The SMILES string of the molecule is CCSC1CCC(NC(=NC)NCc2nccn2CC(C)C)C1.I. The monoisotopic (exact) mass is 465 g/mol. The van der Waals surface area contributed by atoms with Crippen LogP contribution in [0.2, 0.25) is 0 Å². The van der Waals surface area contributed by atoms with Crippen molar-refractivity contribution >= 4 is 41.7 Å². The third-order valence-corrected chi connectivity index (χ3v) is 5.36. The number of aliphatic imine (C=N–C) groups is 1. The van der Waals surface area contributed by atoms with Gasteiger partial charge in [-0.25, -0.2) is 4.98 Å². The Bertz CT molecular complexity index is 503. The second kappa shape index (κ2) is 11.2. The minimum atomic E-state index is 0. The van der Waals surface area contributed by atoms with Crippen molar-refractivity contribution in [3.8, 4) is 0 Å². The molecular weight excluding hydrogens is 433 g/mol. The molecule has 0 bridgehead atoms. The molecule has 0 saturated heterocycles. The van der Waals surface area contributed by atoms with E-state index in [1.807, 2.05) is 13.2 Å². The summed E-state index contributed by atoms with van der Waals surface area (Å²) in [4.78, 5) is 8.82. The van der Waals surface area contributed by atoms with Gasteiger partial charge in [-0.05, 0) is 30.9 Å². The third-order valence-electron chi connectivity index (χ3n) is 4.13. The molecule has 1 aliphatic carbocycles. The van der Waals surface area contributed by atoms with Crippen molar-refractivity contribution in [3.05, 3.63) is 18.2 Å². The number of thioether (sulfide) groups is 1. The summed E-state index contributed by atoms with van der Waals surface area (Å²) in [6.45, 7) is 8.40. The highest BCUT2D eigenvalue weighted by atomic mass is 127. The number of nitrogens with zero attached hydrogens (tertiary/aromatic N) is 3. The summed E-state index contributed by atoms with van der Waals surface area (Å²) >= 11 is 2.08. The van der Waals surface area contributed by atoms with E-state index in [2.05, 4.69) is 63.9 Å². The molecule has 2 rings (SSSR count). The lowest BCUT2D eigenvalue weighted by Gasteiger charge is -2.18. The van der Waals surface area contributed by atoms with Gasteiger partial charge in [0.25, 0.3) is 0 Å². The Hall–Kier alpha value is -0.440. The van der Waals surface area contributed by atoms with Crippen LogP contribution in [0.5, 0.6) is 0 Å². The number of nitrogens with one attached hydrogen (secondary N) is 2. The topological polar surface area (TPSA) is 54.2 Å². The van der Waals surface area contributed by atoms with E-state index in [4.69, 9.17) is 0 Å². The van der Waals surface area contributed by atoms with Crippen LogP contribution >= 0.6 is 35.7 Å². The summed E-state index contributed by atoms with van der Waals surface area (Å²) in [7, 11) is 1.84. The summed E-state index contributed by atoms with van der Waals surface area (Å²) in [6.07, 6.45) is 7.71. The summed E-state index contributed by atoms with van der Waals surface area (Å²) in [5.74, 6) is 3.78. The Kier molecular flexibility index (Phi) is 10.1. The van der Waals surface area contributed by atoms with Gasteiger partial charge in [0.1, 0.15) is 5.82 Å². The Morgan fingerprint density at radius 3 is 2.92 bits per heavy atom. The van der Waals surface area contributed by atoms with E-state index >= 15 is 0 Å². The lowest BCUT2D eigenvalue weighted by atomic mass is 10.2. The van der Waals surface area contributed by atoms with E-state index in [0.717, 1.165) is 23.6 Å². The zero-order valence-electron chi connectivity index (χ0n) is 15.3. The van der Waals surface area contributed by atoms with E-state index < -0.39 is 0 Å². The molecule has 0 aliphatic heterocycles. The van der Waals surface area contributed by atoms with Gasteiger partial charge in [-0.3, -0.25) is 4.99 Å². The minimum Gasteiger partial charge on any atom is -0.354 e. The summed E-state index contributed by atoms with van der Waals surface area (Å²) in [5.41, 5.74) is 0.